The smallest absolute Gasteiger partial charge is 0.266 e. The van der Waals surface area contributed by atoms with Gasteiger partial charge in [-0.3, -0.25) is 4.79 Å². The lowest BCUT2D eigenvalue weighted by molar-refractivity contribution is -0.897. The van der Waals surface area contributed by atoms with Crippen molar-refractivity contribution in [3.63, 3.8) is 0 Å². The second-order valence-corrected chi connectivity index (χ2v) is 5.90. The maximum atomic E-state index is 12.2. The van der Waals surface area contributed by atoms with Crippen LogP contribution in [0.4, 0.5) is 0 Å². The molecule has 142 valence electrons. The molecule has 1 heterocycles. The number of nitrogens with one attached hydrogen (secondary N) is 1. The lowest BCUT2D eigenvalue weighted by Crippen LogP contribution is -3.11. The molecule has 26 heavy (non-hydrogen) atoms. The molecule has 0 amide bonds. The first kappa shape index (κ1) is 19.8. The van der Waals surface area contributed by atoms with Gasteiger partial charge < -0.3 is 19.1 Å². The monoisotopic (exact) mass is 362 g/mol. The van der Waals surface area contributed by atoms with Gasteiger partial charge in [-0.25, -0.2) is 4.68 Å². The summed E-state index contributed by atoms with van der Waals surface area (Å²) in [5.41, 5.74) is 1.37. The van der Waals surface area contributed by atoms with Crippen LogP contribution in [0, 0.1) is 0 Å². The van der Waals surface area contributed by atoms with Crippen LogP contribution in [0.1, 0.15) is 13.8 Å². The van der Waals surface area contributed by atoms with Crippen LogP contribution in [0.2, 0.25) is 0 Å². The molecule has 0 fully saturated rings. The van der Waals surface area contributed by atoms with Crippen molar-refractivity contribution >= 4 is 0 Å². The zero-order valence-electron chi connectivity index (χ0n) is 16.2. The molecule has 7 heteroatoms. The number of hydrogen-bond donors (Lipinski definition) is 1. The number of nitrogens with zero attached hydrogens (tertiary/aromatic N) is 2. The zero-order valence-corrected chi connectivity index (χ0v) is 16.2. The molecule has 0 saturated carbocycles. The van der Waals surface area contributed by atoms with E-state index in [0.29, 0.717) is 29.5 Å². The Morgan fingerprint density at radius 3 is 2.12 bits per heavy atom. The summed E-state index contributed by atoms with van der Waals surface area (Å²) >= 11 is 0. The van der Waals surface area contributed by atoms with Crippen molar-refractivity contribution in [1.29, 1.82) is 0 Å². The molecule has 2 rings (SSSR count). The Bertz CT molecular complexity index is 760. The van der Waals surface area contributed by atoms with E-state index in [1.54, 1.807) is 33.5 Å². The molecule has 0 atom stereocenters. The van der Waals surface area contributed by atoms with Crippen molar-refractivity contribution in [3.8, 4) is 28.5 Å². The standard InChI is InChI=1S/C19H27N3O4/c1-6-21(7-2)10-11-22-18(23)9-8-15(20-22)14-12-16(24-3)19(26-5)17(13-14)25-4/h8-9,12-13H,6-7,10-11H2,1-5H3/p+1. The quantitative estimate of drug-likeness (QED) is 0.717. The summed E-state index contributed by atoms with van der Waals surface area (Å²) in [5.74, 6) is 1.63. The maximum Gasteiger partial charge on any atom is 0.266 e. The zero-order chi connectivity index (χ0) is 19.1. The second kappa shape index (κ2) is 9.24. The summed E-state index contributed by atoms with van der Waals surface area (Å²) in [4.78, 5) is 13.6. The van der Waals surface area contributed by atoms with Crippen LogP contribution in [0.25, 0.3) is 11.3 Å². The Hall–Kier alpha value is -2.54. The first-order valence-corrected chi connectivity index (χ1v) is 8.79. The Kier molecular flexibility index (Phi) is 7.03. The fraction of sp³-hybridized carbons (Fsp3) is 0.474. The van der Waals surface area contributed by atoms with Gasteiger partial charge in [0.25, 0.3) is 5.56 Å². The molecule has 1 N–H and O–H groups in total. The molecular weight excluding hydrogens is 334 g/mol. The summed E-state index contributed by atoms with van der Waals surface area (Å²) in [5, 5.41) is 4.53. The van der Waals surface area contributed by atoms with Gasteiger partial charge in [-0.1, -0.05) is 0 Å². The van der Waals surface area contributed by atoms with Crippen molar-refractivity contribution in [2.75, 3.05) is 41.0 Å². The number of rotatable bonds is 9. The van der Waals surface area contributed by atoms with Gasteiger partial charge in [0.1, 0.15) is 0 Å². The predicted molar refractivity (Wildman–Crippen MR) is 101 cm³/mol. The van der Waals surface area contributed by atoms with Gasteiger partial charge in [-0.05, 0) is 32.0 Å². The third kappa shape index (κ3) is 4.35. The largest absolute Gasteiger partial charge is 0.493 e. The van der Waals surface area contributed by atoms with Crippen LogP contribution >= 0.6 is 0 Å². The van der Waals surface area contributed by atoms with Gasteiger partial charge in [0.15, 0.2) is 11.5 Å². The minimum Gasteiger partial charge on any atom is -0.493 e. The average Bonchev–Trinajstić information content (AvgIpc) is 2.68. The van der Waals surface area contributed by atoms with Crippen LogP contribution in [0.15, 0.2) is 29.1 Å². The highest BCUT2D eigenvalue weighted by Crippen LogP contribution is 2.40. The van der Waals surface area contributed by atoms with Crippen molar-refractivity contribution in [2.24, 2.45) is 0 Å². The molecule has 0 aliphatic rings. The van der Waals surface area contributed by atoms with Gasteiger partial charge in [-0.2, -0.15) is 5.10 Å². The highest BCUT2D eigenvalue weighted by atomic mass is 16.5. The van der Waals surface area contributed by atoms with E-state index < -0.39 is 0 Å². The Labute approximate surface area is 154 Å². The summed E-state index contributed by atoms with van der Waals surface area (Å²) in [7, 11) is 4.71. The SMILES string of the molecule is CC[NH+](CC)CCn1nc(-c2cc(OC)c(OC)c(OC)c2)ccc1=O. The highest BCUT2D eigenvalue weighted by Gasteiger charge is 2.15. The molecule has 0 aliphatic carbocycles. The minimum atomic E-state index is -0.104. The number of aromatic nitrogens is 2. The second-order valence-electron chi connectivity index (χ2n) is 5.90. The number of likely N-dealkylation sites (N-methyl/N-ethyl adjacent to an activating group) is 1. The highest BCUT2D eigenvalue weighted by molar-refractivity contribution is 5.68. The van der Waals surface area contributed by atoms with E-state index in [-0.39, 0.29) is 5.56 Å². The summed E-state index contributed by atoms with van der Waals surface area (Å²) in [6.45, 7) is 7.77. The molecule has 1 aromatic heterocycles. The maximum absolute atomic E-state index is 12.2. The molecule has 0 unspecified atom stereocenters. The summed E-state index contributed by atoms with van der Waals surface area (Å²) in [6, 6.07) is 6.91. The van der Waals surface area contributed by atoms with Crippen molar-refractivity contribution in [3.05, 3.63) is 34.6 Å². The van der Waals surface area contributed by atoms with Gasteiger partial charge in [0.05, 0.1) is 53.2 Å². The molecule has 0 spiro atoms. The third-order valence-corrected chi connectivity index (χ3v) is 4.50. The number of ether oxygens (including phenoxy) is 3. The van der Waals surface area contributed by atoms with Crippen LogP contribution in [0.5, 0.6) is 17.2 Å². The number of quaternary nitrogens is 1. The lowest BCUT2D eigenvalue weighted by Gasteiger charge is -2.16. The average molecular weight is 362 g/mol. The van der Waals surface area contributed by atoms with Crippen LogP contribution in [0.3, 0.4) is 0 Å². The Morgan fingerprint density at radius 1 is 1.00 bits per heavy atom. The van der Waals surface area contributed by atoms with E-state index in [0.717, 1.165) is 25.2 Å². The normalized spacial score (nSPS) is 10.8. The predicted octanol–water partition coefficient (Wildman–Crippen LogP) is 0.861. The molecule has 0 bridgehead atoms. The molecular formula is C19H28N3O4+. The van der Waals surface area contributed by atoms with E-state index in [1.165, 1.54) is 9.58 Å². The van der Waals surface area contributed by atoms with Crippen molar-refractivity contribution < 1.29 is 19.1 Å². The van der Waals surface area contributed by atoms with E-state index in [2.05, 4.69) is 18.9 Å². The molecule has 0 aliphatic heterocycles. The topological polar surface area (TPSA) is 67.0 Å². The minimum absolute atomic E-state index is 0.104. The van der Waals surface area contributed by atoms with Crippen molar-refractivity contribution in [2.45, 2.75) is 20.4 Å². The molecule has 0 radical (unpaired) electrons. The molecule has 2 aromatic rings. The number of methoxy groups -OCH3 is 3. The first-order valence-electron chi connectivity index (χ1n) is 8.79. The van der Waals surface area contributed by atoms with Crippen LogP contribution < -0.4 is 24.7 Å². The van der Waals surface area contributed by atoms with Gasteiger partial charge in [0.2, 0.25) is 5.75 Å². The fourth-order valence-corrected chi connectivity index (χ4v) is 2.86. The lowest BCUT2D eigenvalue weighted by atomic mass is 10.1. The Morgan fingerprint density at radius 2 is 1.62 bits per heavy atom. The summed E-state index contributed by atoms with van der Waals surface area (Å²) in [6.07, 6.45) is 0. The number of benzene rings is 1. The molecule has 7 nitrogen and oxygen atoms in total. The number of hydrogen-bond acceptors (Lipinski definition) is 5. The summed E-state index contributed by atoms with van der Waals surface area (Å²) < 4.78 is 17.7. The van der Waals surface area contributed by atoms with E-state index >= 15 is 0 Å². The van der Waals surface area contributed by atoms with Crippen LogP contribution in [-0.2, 0) is 6.54 Å². The van der Waals surface area contributed by atoms with E-state index in [1.807, 2.05) is 12.1 Å². The fourth-order valence-electron chi connectivity index (χ4n) is 2.86. The van der Waals surface area contributed by atoms with E-state index in [4.69, 9.17) is 14.2 Å². The Balaban J connectivity index is 2.40. The van der Waals surface area contributed by atoms with E-state index in [9.17, 15) is 4.79 Å². The van der Waals surface area contributed by atoms with Gasteiger partial charge in [0, 0.05) is 11.6 Å². The molecule has 0 saturated heterocycles. The van der Waals surface area contributed by atoms with Crippen molar-refractivity contribution in [1.82, 2.24) is 9.78 Å². The van der Waals surface area contributed by atoms with Crippen LogP contribution in [-0.4, -0.2) is 50.7 Å². The van der Waals surface area contributed by atoms with Gasteiger partial charge in [-0.15, -0.1) is 0 Å². The third-order valence-electron chi connectivity index (χ3n) is 4.50. The molecule has 1 aromatic carbocycles. The van der Waals surface area contributed by atoms with Gasteiger partial charge >= 0.3 is 0 Å². The first-order chi connectivity index (χ1) is 12.6.